The van der Waals surface area contributed by atoms with Crippen LogP contribution in [0, 0.1) is 0 Å². The van der Waals surface area contributed by atoms with Gasteiger partial charge in [0.15, 0.2) is 5.13 Å². The zero-order chi connectivity index (χ0) is 18.4. The van der Waals surface area contributed by atoms with Gasteiger partial charge in [-0.1, -0.05) is 0 Å². The maximum absolute atomic E-state index is 12.1. The Hall–Kier alpha value is -2.34. The Labute approximate surface area is 153 Å². The number of rotatable bonds is 6. The summed E-state index contributed by atoms with van der Waals surface area (Å²) < 4.78 is 5.45. The number of thiazole rings is 1. The molecule has 0 radical (unpaired) electrons. The first-order valence-electron chi connectivity index (χ1n) is 8.03. The average Bonchev–Trinajstić information content (AvgIpc) is 3.27. The van der Waals surface area contributed by atoms with Gasteiger partial charge in [0.05, 0.1) is 26.3 Å². The number of amides is 2. The number of carbonyl (C=O) groups is 2. The number of aromatic nitrogens is 3. The van der Waals surface area contributed by atoms with Crippen LogP contribution in [0.2, 0.25) is 0 Å². The molecule has 1 atom stereocenters. The Kier molecular flexibility index (Phi) is 5.93. The molecule has 4 N–H and O–H groups in total. The number of β-amino-alcohol motifs (C(OH)–C–C–N with tert-alkyl or cyclic N) is 1. The molecule has 10 nitrogen and oxygen atoms in total. The lowest BCUT2D eigenvalue weighted by molar-refractivity contribution is -0.117. The van der Waals surface area contributed by atoms with Gasteiger partial charge in [0, 0.05) is 30.9 Å². The molecule has 26 heavy (non-hydrogen) atoms. The summed E-state index contributed by atoms with van der Waals surface area (Å²) >= 11 is 1.34. The van der Waals surface area contributed by atoms with Gasteiger partial charge in [0.2, 0.25) is 5.91 Å². The lowest BCUT2D eigenvalue weighted by atomic mass is 10.0. The summed E-state index contributed by atoms with van der Waals surface area (Å²) in [7, 11) is 0. The molecule has 1 aliphatic rings. The predicted octanol–water partition coefficient (Wildman–Crippen LogP) is -0.702. The van der Waals surface area contributed by atoms with Crippen LogP contribution in [0.25, 0.3) is 0 Å². The van der Waals surface area contributed by atoms with E-state index in [2.05, 4.69) is 25.8 Å². The Morgan fingerprint density at radius 2 is 2.35 bits per heavy atom. The van der Waals surface area contributed by atoms with Gasteiger partial charge < -0.3 is 20.5 Å². The number of ether oxygens (including phenoxy) is 1. The maximum atomic E-state index is 12.1. The number of aliphatic hydroxyl groups is 1. The van der Waals surface area contributed by atoms with Crippen LogP contribution in [-0.4, -0.2) is 82.0 Å². The fourth-order valence-corrected chi connectivity index (χ4v) is 3.15. The van der Waals surface area contributed by atoms with E-state index in [1.165, 1.54) is 23.6 Å². The van der Waals surface area contributed by atoms with Crippen LogP contribution < -0.4 is 10.6 Å². The van der Waals surface area contributed by atoms with Crippen molar-refractivity contribution in [3.63, 3.8) is 0 Å². The number of hydrogen-bond donors (Lipinski definition) is 4. The summed E-state index contributed by atoms with van der Waals surface area (Å²) in [6.45, 7) is 1.25. The standard InChI is InChI=1S/C15H20N6O4S/c22-12(19-14-16-3-6-26-14)7-21-4-5-25-10-15(24,9-21)8-17-13(23)11-1-2-18-20-11/h1-3,6,24H,4-5,7-10H2,(H,17,23)(H,18,20)(H,16,19,22)/t15-/m0/s1. The van der Waals surface area contributed by atoms with Crippen molar-refractivity contribution in [2.24, 2.45) is 0 Å². The molecule has 0 aliphatic carbocycles. The van der Waals surface area contributed by atoms with Crippen molar-refractivity contribution in [2.75, 3.05) is 44.7 Å². The highest BCUT2D eigenvalue weighted by Crippen LogP contribution is 2.13. The molecular formula is C15H20N6O4S. The first-order chi connectivity index (χ1) is 12.5. The fourth-order valence-electron chi connectivity index (χ4n) is 2.61. The van der Waals surface area contributed by atoms with E-state index in [0.29, 0.717) is 24.0 Å². The molecule has 11 heteroatoms. The molecule has 140 valence electrons. The monoisotopic (exact) mass is 380 g/mol. The Morgan fingerprint density at radius 3 is 3.08 bits per heavy atom. The highest BCUT2D eigenvalue weighted by molar-refractivity contribution is 7.13. The zero-order valence-corrected chi connectivity index (χ0v) is 14.8. The smallest absolute Gasteiger partial charge is 0.269 e. The van der Waals surface area contributed by atoms with Crippen LogP contribution in [0.3, 0.4) is 0 Å². The molecule has 2 amide bonds. The summed E-state index contributed by atoms with van der Waals surface area (Å²) in [5.74, 6) is -0.584. The van der Waals surface area contributed by atoms with Crippen molar-refractivity contribution >= 4 is 28.3 Å². The van der Waals surface area contributed by atoms with E-state index in [9.17, 15) is 14.7 Å². The van der Waals surface area contributed by atoms with Crippen LogP contribution in [-0.2, 0) is 9.53 Å². The van der Waals surface area contributed by atoms with E-state index in [0.717, 1.165) is 0 Å². The third-order valence-corrected chi connectivity index (χ3v) is 4.50. The molecule has 1 saturated heterocycles. The minimum absolute atomic E-state index is 0.00451. The normalized spacial score (nSPS) is 21.1. The van der Waals surface area contributed by atoms with E-state index in [1.54, 1.807) is 16.5 Å². The largest absolute Gasteiger partial charge is 0.384 e. The highest BCUT2D eigenvalue weighted by atomic mass is 32.1. The van der Waals surface area contributed by atoms with Gasteiger partial charge in [0.1, 0.15) is 11.3 Å². The van der Waals surface area contributed by atoms with Crippen LogP contribution >= 0.6 is 11.3 Å². The molecule has 2 aromatic rings. The molecule has 1 aliphatic heterocycles. The highest BCUT2D eigenvalue weighted by Gasteiger charge is 2.33. The van der Waals surface area contributed by atoms with Gasteiger partial charge in [-0.2, -0.15) is 5.10 Å². The summed E-state index contributed by atoms with van der Waals surface area (Å²) in [5.41, 5.74) is -0.990. The van der Waals surface area contributed by atoms with Crippen molar-refractivity contribution in [1.29, 1.82) is 0 Å². The number of hydrogen-bond acceptors (Lipinski definition) is 8. The van der Waals surface area contributed by atoms with E-state index in [4.69, 9.17) is 4.74 Å². The summed E-state index contributed by atoms with van der Waals surface area (Å²) in [5, 5.41) is 24.7. The molecule has 2 aromatic heterocycles. The Morgan fingerprint density at radius 1 is 1.46 bits per heavy atom. The fraction of sp³-hybridized carbons (Fsp3) is 0.467. The minimum Gasteiger partial charge on any atom is -0.384 e. The number of carbonyl (C=O) groups excluding carboxylic acids is 2. The SMILES string of the molecule is O=C(CN1CCOC[C@](O)(CNC(=O)c2ccn[nH]2)C1)Nc1nccs1. The van der Waals surface area contributed by atoms with Gasteiger partial charge in [0.25, 0.3) is 5.91 Å². The molecule has 0 bridgehead atoms. The third-order valence-electron chi connectivity index (χ3n) is 3.81. The number of aromatic amines is 1. The number of anilines is 1. The Bertz CT molecular complexity index is 723. The van der Waals surface area contributed by atoms with Gasteiger partial charge >= 0.3 is 0 Å². The van der Waals surface area contributed by atoms with Gasteiger partial charge in [-0.05, 0) is 6.07 Å². The number of nitrogens with zero attached hydrogens (tertiary/aromatic N) is 3. The second-order valence-corrected chi connectivity index (χ2v) is 6.92. The second kappa shape index (κ2) is 8.36. The van der Waals surface area contributed by atoms with Crippen molar-refractivity contribution in [3.8, 4) is 0 Å². The summed E-state index contributed by atoms with van der Waals surface area (Å²) in [4.78, 5) is 29.9. The second-order valence-electron chi connectivity index (χ2n) is 6.03. The van der Waals surface area contributed by atoms with Crippen LogP contribution in [0.15, 0.2) is 23.8 Å². The van der Waals surface area contributed by atoms with Gasteiger partial charge in [-0.3, -0.25) is 19.6 Å². The van der Waals surface area contributed by atoms with Crippen molar-refractivity contribution < 1.29 is 19.4 Å². The number of H-pyrrole nitrogens is 1. The lowest BCUT2D eigenvalue weighted by Gasteiger charge is -2.30. The molecule has 3 rings (SSSR count). The molecule has 0 saturated carbocycles. The van der Waals surface area contributed by atoms with E-state index in [-0.39, 0.29) is 38.1 Å². The van der Waals surface area contributed by atoms with Crippen molar-refractivity contribution in [1.82, 2.24) is 25.4 Å². The first kappa shape index (κ1) is 18.5. The third kappa shape index (κ3) is 5.08. The lowest BCUT2D eigenvalue weighted by Crippen LogP contribution is -2.53. The Balaban J connectivity index is 1.53. The van der Waals surface area contributed by atoms with Crippen LogP contribution in [0.1, 0.15) is 10.5 Å². The zero-order valence-electron chi connectivity index (χ0n) is 14.0. The van der Waals surface area contributed by atoms with E-state index < -0.39 is 5.60 Å². The van der Waals surface area contributed by atoms with Gasteiger partial charge in [-0.25, -0.2) is 4.98 Å². The predicted molar refractivity (Wildman–Crippen MR) is 93.9 cm³/mol. The molecular weight excluding hydrogens is 360 g/mol. The van der Waals surface area contributed by atoms with Crippen molar-refractivity contribution in [2.45, 2.75) is 5.60 Å². The molecule has 1 fully saturated rings. The quantitative estimate of drug-likeness (QED) is 0.521. The minimum atomic E-state index is -1.30. The van der Waals surface area contributed by atoms with Crippen molar-refractivity contribution in [3.05, 3.63) is 29.5 Å². The molecule has 0 spiro atoms. The van der Waals surface area contributed by atoms with Gasteiger partial charge in [-0.15, -0.1) is 11.3 Å². The average molecular weight is 380 g/mol. The molecule has 0 aromatic carbocycles. The molecule has 0 unspecified atom stereocenters. The van der Waals surface area contributed by atoms with Crippen LogP contribution in [0.4, 0.5) is 5.13 Å². The summed E-state index contributed by atoms with van der Waals surface area (Å²) in [6, 6.07) is 1.54. The maximum Gasteiger partial charge on any atom is 0.269 e. The first-order valence-corrected chi connectivity index (χ1v) is 8.91. The van der Waals surface area contributed by atoms with Crippen LogP contribution in [0.5, 0.6) is 0 Å². The van der Waals surface area contributed by atoms with E-state index in [1.807, 2.05) is 0 Å². The van der Waals surface area contributed by atoms with E-state index >= 15 is 0 Å². The topological polar surface area (TPSA) is 132 Å². The molecule has 3 heterocycles. The number of nitrogens with one attached hydrogen (secondary N) is 3. The summed E-state index contributed by atoms with van der Waals surface area (Å²) in [6.07, 6.45) is 3.09.